The largest absolute Gasteiger partial charge is 0.416 e. The van der Waals surface area contributed by atoms with Gasteiger partial charge < -0.3 is 21.3 Å². The van der Waals surface area contributed by atoms with Gasteiger partial charge in [-0.05, 0) is 42.8 Å². The average Bonchev–Trinajstić information content (AvgIpc) is 2.87. The zero-order chi connectivity index (χ0) is 18.2. The number of amides is 2. The molecule has 1 aliphatic heterocycles. The molecule has 25 heavy (non-hydrogen) atoms. The topological polar surface area (TPSA) is 65.2 Å². The molecule has 0 aliphatic carbocycles. The molecule has 0 saturated carbocycles. The van der Waals surface area contributed by atoms with Crippen LogP contribution >= 0.6 is 0 Å². The monoisotopic (exact) mass is 348 g/mol. The van der Waals surface area contributed by atoms with Crippen molar-refractivity contribution in [3.8, 4) is 0 Å². The molecular weight excluding hydrogens is 333 g/mol. The van der Waals surface area contributed by atoms with Crippen LogP contribution in [0.15, 0.2) is 48.8 Å². The van der Waals surface area contributed by atoms with Crippen molar-refractivity contribution < 1.29 is 18.0 Å². The SMILES string of the molecule is C=C1Nc2ccc(NC(=O)Nc3ccc(C)c(C(F)(F)F)c3)cc2N1. The van der Waals surface area contributed by atoms with Gasteiger partial charge in [-0.15, -0.1) is 0 Å². The Morgan fingerprint density at radius 2 is 1.60 bits per heavy atom. The van der Waals surface area contributed by atoms with Gasteiger partial charge in [0.1, 0.15) is 5.82 Å². The Hall–Kier alpha value is -3.16. The molecule has 130 valence electrons. The summed E-state index contributed by atoms with van der Waals surface area (Å²) in [6.07, 6.45) is -4.47. The number of urea groups is 1. The Labute approximate surface area is 141 Å². The summed E-state index contributed by atoms with van der Waals surface area (Å²) < 4.78 is 38.8. The summed E-state index contributed by atoms with van der Waals surface area (Å²) in [4.78, 5) is 12.0. The van der Waals surface area contributed by atoms with Gasteiger partial charge in [-0.3, -0.25) is 0 Å². The lowest BCUT2D eigenvalue weighted by molar-refractivity contribution is -0.138. The highest BCUT2D eigenvalue weighted by atomic mass is 19.4. The second-order valence-corrected chi connectivity index (χ2v) is 5.60. The third kappa shape index (κ3) is 3.68. The summed E-state index contributed by atoms with van der Waals surface area (Å²) in [6, 6.07) is 8.12. The molecule has 1 aliphatic rings. The normalized spacial score (nSPS) is 12.9. The van der Waals surface area contributed by atoms with Crippen molar-refractivity contribution >= 4 is 28.8 Å². The second kappa shape index (κ2) is 6.04. The van der Waals surface area contributed by atoms with E-state index in [0.29, 0.717) is 11.5 Å². The van der Waals surface area contributed by atoms with E-state index < -0.39 is 17.8 Å². The van der Waals surface area contributed by atoms with E-state index in [1.165, 1.54) is 19.1 Å². The maximum Gasteiger partial charge on any atom is 0.416 e. The van der Waals surface area contributed by atoms with Gasteiger partial charge in [0.2, 0.25) is 0 Å². The number of carbonyl (C=O) groups is 1. The quantitative estimate of drug-likeness (QED) is 0.620. The van der Waals surface area contributed by atoms with Gasteiger partial charge in [-0.2, -0.15) is 13.2 Å². The van der Waals surface area contributed by atoms with E-state index in [4.69, 9.17) is 0 Å². The highest BCUT2D eigenvalue weighted by Gasteiger charge is 2.32. The third-order valence-corrected chi connectivity index (χ3v) is 3.65. The van der Waals surface area contributed by atoms with Gasteiger partial charge in [0, 0.05) is 11.4 Å². The van der Waals surface area contributed by atoms with Gasteiger partial charge >= 0.3 is 12.2 Å². The summed E-state index contributed by atoms with van der Waals surface area (Å²) in [5, 5.41) is 11.0. The number of hydrogen-bond acceptors (Lipinski definition) is 3. The highest BCUT2D eigenvalue weighted by Crippen LogP contribution is 2.34. The smallest absolute Gasteiger partial charge is 0.341 e. The van der Waals surface area contributed by atoms with Crippen molar-refractivity contribution in [1.82, 2.24) is 0 Å². The number of nitrogens with one attached hydrogen (secondary N) is 4. The lowest BCUT2D eigenvalue weighted by atomic mass is 10.1. The van der Waals surface area contributed by atoms with Gasteiger partial charge in [-0.25, -0.2) is 4.79 Å². The predicted octanol–water partition coefficient (Wildman–Crippen LogP) is 4.97. The van der Waals surface area contributed by atoms with E-state index in [2.05, 4.69) is 27.8 Å². The number of alkyl halides is 3. The number of hydrogen-bond donors (Lipinski definition) is 4. The number of rotatable bonds is 2. The van der Waals surface area contributed by atoms with Crippen LogP contribution in [0.5, 0.6) is 0 Å². The van der Waals surface area contributed by atoms with Crippen LogP contribution in [0, 0.1) is 6.92 Å². The molecular formula is C17H15F3N4O. The Bertz CT molecular complexity index is 861. The van der Waals surface area contributed by atoms with Crippen LogP contribution in [-0.2, 0) is 6.18 Å². The predicted molar refractivity (Wildman–Crippen MR) is 91.6 cm³/mol. The standard InChI is InChI=1S/C17H15F3N4O/c1-9-3-4-11(7-13(9)17(18,19)20)23-16(25)24-12-5-6-14-15(8-12)22-10(2)21-14/h3-8,21-22H,2H2,1H3,(H2,23,24,25). The summed E-state index contributed by atoms with van der Waals surface area (Å²) in [5.41, 5.74) is 1.43. The zero-order valence-electron chi connectivity index (χ0n) is 13.2. The van der Waals surface area contributed by atoms with Crippen LogP contribution in [0.3, 0.4) is 0 Å². The fourth-order valence-electron chi connectivity index (χ4n) is 2.49. The van der Waals surface area contributed by atoms with Crippen molar-refractivity contribution in [3.63, 3.8) is 0 Å². The summed E-state index contributed by atoms with van der Waals surface area (Å²) in [7, 11) is 0. The lowest BCUT2D eigenvalue weighted by Gasteiger charge is -2.13. The van der Waals surface area contributed by atoms with Crippen molar-refractivity contribution in [2.24, 2.45) is 0 Å². The van der Waals surface area contributed by atoms with Crippen LogP contribution < -0.4 is 21.3 Å². The summed E-state index contributed by atoms with van der Waals surface area (Å²) >= 11 is 0. The zero-order valence-corrected chi connectivity index (χ0v) is 13.2. The van der Waals surface area contributed by atoms with E-state index in [1.807, 2.05) is 0 Å². The number of fused-ring (bicyclic) bond motifs is 1. The molecule has 0 fully saturated rings. The van der Waals surface area contributed by atoms with Crippen LogP contribution in [0.2, 0.25) is 0 Å². The molecule has 2 aromatic rings. The molecule has 4 N–H and O–H groups in total. The molecule has 0 radical (unpaired) electrons. The molecule has 0 bridgehead atoms. The van der Waals surface area contributed by atoms with E-state index in [9.17, 15) is 18.0 Å². The Morgan fingerprint density at radius 1 is 1.00 bits per heavy atom. The number of anilines is 4. The molecule has 0 saturated heterocycles. The van der Waals surface area contributed by atoms with Gasteiger partial charge in [0.05, 0.1) is 16.9 Å². The first kappa shape index (κ1) is 16.7. The summed E-state index contributed by atoms with van der Waals surface area (Å²) in [6.45, 7) is 5.10. The highest BCUT2D eigenvalue weighted by molar-refractivity contribution is 6.00. The van der Waals surface area contributed by atoms with Crippen LogP contribution in [-0.4, -0.2) is 6.03 Å². The van der Waals surface area contributed by atoms with Crippen LogP contribution in [0.4, 0.5) is 40.7 Å². The number of halogens is 3. The average molecular weight is 348 g/mol. The first-order valence-corrected chi connectivity index (χ1v) is 7.35. The van der Waals surface area contributed by atoms with Crippen LogP contribution in [0.1, 0.15) is 11.1 Å². The first-order valence-electron chi connectivity index (χ1n) is 7.35. The van der Waals surface area contributed by atoms with Gasteiger partial charge in [-0.1, -0.05) is 12.6 Å². The molecule has 2 amide bonds. The number of aryl methyl sites for hydroxylation is 1. The maximum absolute atomic E-state index is 12.9. The maximum atomic E-state index is 12.9. The van der Waals surface area contributed by atoms with Crippen molar-refractivity contribution in [1.29, 1.82) is 0 Å². The van der Waals surface area contributed by atoms with Gasteiger partial charge in [0.15, 0.2) is 0 Å². The Kier molecular flexibility index (Phi) is 4.03. The van der Waals surface area contributed by atoms with E-state index >= 15 is 0 Å². The minimum absolute atomic E-state index is 0.0600. The second-order valence-electron chi connectivity index (χ2n) is 5.60. The molecule has 0 aromatic heterocycles. The third-order valence-electron chi connectivity index (χ3n) is 3.65. The Morgan fingerprint density at radius 3 is 2.28 bits per heavy atom. The van der Waals surface area contributed by atoms with E-state index in [1.54, 1.807) is 18.2 Å². The fraction of sp³-hybridized carbons (Fsp3) is 0.118. The van der Waals surface area contributed by atoms with E-state index in [-0.39, 0.29) is 11.3 Å². The molecule has 8 heteroatoms. The number of carbonyl (C=O) groups excluding carboxylic acids is 1. The minimum Gasteiger partial charge on any atom is -0.341 e. The minimum atomic E-state index is -4.47. The Balaban J connectivity index is 1.71. The van der Waals surface area contributed by atoms with Crippen molar-refractivity contribution in [2.75, 3.05) is 21.3 Å². The van der Waals surface area contributed by atoms with Crippen molar-refractivity contribution in [2.45, 2.75) is 13.1 Å². The number of benzene rings is 2. The molecule has 5 nitrogen and oxygen atoms in total. The lowest BCUT2D eigenvalue weighted by Crippen LogP contribution is -2.20. The van der Waals surface area contributed by atoms with Crippen molar-refractivity contribution in [3.05, 3.63) is 59.9 Å². The molecule has 0 unspecified atom stereocenters. The molecule has 3 rings (SSSR count). The van der Waals surface area contributed by atoms with Gasteiger partial charge in [0.25, 0.3) is 0 Å². The van der Waals surface area contributed by atoms with E-state index in [0.717, 1.165) is 17.4 Å². The first-order chi connectivity index (χ1) is 11.7. The molecule has 0 spiro atoms. The molecule has 0 atom stereocenters. The fourth-order valence-corrected chi connectivity index (χ4v) is 2.49. The molecule has 2 aromatic carbocycles. The summed E-state index contributed by atoms with van der Waals surface area (Å²) in [5.74, 6) is 0.621. The molecule has 1 heterocycles. The van der Waals surface area contributed by atoms with Crippen LogP contribution in [0.25, 0.3) is 0 Å².